The van der Waals surface area contributed by atoms with Gasteiger partial charge in [-0.3, -0.25) is 10.1 Å². The molecule has 4 nitrogen and oxygen atoms in total. The second-order valence-corrected chi connectivity index (χ2v) is 5.70. The highest BCUT2D eigenvalue weighted by Crippen LogP contribution is 2.37. The van der Waals surface area contributed by atoms with E-state index in [1.54, 1.807) is 12.1 Å². The second kappa shape index (κ2) is 4.18. The second-order valence-electron chi connectivity index (χ2n) is 5.70. The van der Waals surface area contributed by atoms with Gasteiger partial charge >= 0.3 is 0 Å². The molecule has 0 radical (unpaired) electrons. The van der Waals surface area contributed by atoms with Crippen molar-refractivity contribution in [2.75, 3.05) is 13.1 Å². The van der Waals surface area contributed by atoms with Crippen LogP contribution in [0.2, 0.25) is 0 Å². The maximum atomic E-state index is 13.2. The molecule has 1 fully saturated rings. The number of carbonyl (C=O) groups is 1. The molecule has 21 heavy (non-hydrogen) atoms. The fourth-order valence-electron chi connectivity index (χ4n) is 3.48. The molecule has 1 atom stereocenters. The molecule has 4 rings (SSSR count). The Hall–Kier alpha value is -2.14. The summed E-state index contributed by atoms with van der Waals surface area (Å²) >= 11 is 0. The van der Waals surface area contributed by atoms with Crippen LogP contribution >= 0.6 is 0 Å². The van der Waals surface area contributed by atoms with Gasteiger partial charge in [-0.2, -0.15) is 0 Å². The lowest BCUT2D eigenvalue weighted by Crippen LogP contribution is -2.57. The van der Waals surface area contributed by atoms with E-state index < -0.39 is 5.66 Å². The number of aryl methyl sites for hydroxylation is 1. The van der Waals surface area contributed by atoms with Crippen molar-refractivity contribution >= 4 is 5.91 Å². The van der Waals surface area contributed by atoms with E-state index in [0.29, 0.717) is 13.1 Å². The van der Waals surface area contributed by atoms with Crippen LogP contribution in [-0.2, 0) is 12.2 Å². The van der Waals surface area contributed by atoms with Crippen molar-refractivity contribution in [3.05, 3.63) is 59.2 Å². The molecule has 1 saturated heterocycles. The smallest absolute Gasteiger partial charge is 0.272 e. The molecule has 5 heteroatoms. The highest BCUT2D eigenvalue weighted by atomic mass is 19.1. The lowest BCUT2D eigenvalue weighted by Gasteiger charge is -2.43. The predicted octanol–water partition coefficient (Wildman–Crippen LogP) is 1.85. The lowest BCUT2D eigenvalue weighted by molar-refractivity contribution is 0.0394. The summed E-state index contributed by atoms with van der Waals surface area (Å²) in [5.74, 6) is -0.233. The minimum Gasteiger partial charge on any atom is -0.337 e. The molecule has 108 valence electrons. The van der Waals surface area contributed by atoms with Crippen LogP contribution in [0.4, 0.5) is 4.39 Å². The van der Waals surface area contributed by atoms with Crippen LogP contribution < -0.4 is 5.32 Å². The summed E-state index contributed by atoms with van der Waals surface area (Å²) in [6.45, 7) is 4.06. The summed E-state index contributed by atoms with van der Waals surface area (Å²) in [6, 6.07) is 10.3. The molecule has 0 bridgehead atoms. The van der Waals surface area contributed by atoms with Crippen molar-refractivity contribution in [1.82, 2.24) is 14.8 Å². The van der Waals surface area contributed by atoms with Gasteiger partial charge in [-0.15, -0.1) is 0 Å². The molecule has 3 heterocycles. The highest BCUT2D eigenvalue weighted by Gasteiger charge is 2.49. The fraction of sp³-hybridized carbons (Fsp3) is 0.312. The first kappa shape index (κ1) is 12.6. The maximum absolute atomic E-state index is 13.2. The summed E-state index contributed by atoms with van der Waals surface area (Å²) in [4.78, 5) is 14.6. The van der Waals surface area contributed by atoms with Gasteiger partial charge in [0, 0.05) is 18.8 Å². The number of hydrogen-bond donors (Lipinski definition) is 1. The minimum absolute atomic E-state index is 0.0312. The van der Waals surface area contributed by atoms with Crippen molar-refractivity contribution in [2.24, 2.45) is 0 Å². The van der Waals surface area contributed by atoms with Crippen LogP contribution in [0.25, 0.3) is 0 Å². The molecule has 0 spiro atoms. The van der Waals surface area contributed by atoms with Crippen LogP contribution in [0.3, 0.4) is 0 Å². The summed E-state index contributed by atoms with van der Waals surface area (Å²) < 4.78 is 15.3. The first-order valence-electron chi connectivity index (χ1n) is 7.11. The number of rotatable bonds is 1. The number of halogens is 1. The SMILES string of the molecule is Cc1ccc2n1CC1(c3ccc(F)cc3)NCCN1C2=O. The predicted molar refractivity (Wildman–Crippen MR) is 76.3 cm³/mol. The van der Waals surface area contributed by atoms with E-state index in [-0.39, 0.29) is 11.7 Å². The molecule has 1 N–H and O–H groups in total. The molecule has 0 aliphatic carbocycles. The Labute approximate surface area is 122 Å². The van der Waals surface area contributed by atoms with Gasteiger partial charge < -0.3 is 9.47 Å². The molecular weight excluding hydrogens is 269 g/mol. The fourth-order valence-corrected chi connectivity index (χ4v) is 3.48. The summed E-state index contributed by atoms with van der Waals surface area (Å²) in [7, 11) is 0. The lowest BCUT2D eigenvalue weighted by atomic mass is 9.96. The summed E-state index contributed by atoms with van der Waals surface area (Å²) in [6.07, 6.45) is 0. The third-order valence-electron chi connectivity index (χ3n) is 4.59. The average Bonchev–Trinajstić information content (AvgIpc) is 3.06. The summed E-state index contributed by atoms with van der Waals surface area (Å²) in [5, 5.41) is 3.46. The monoisotopic (exact) mass is 285 g/mol. The third kappa shape index (κ3) is 1.61. The Morgan fingerprint density at radius 2 is 1.95 bits per heavy atom. The van der Waals surface area contributed by atoms with Crippen LogP contribution in [0.1, 0.15) is 21.7 Å². The number of amides is 1. The van der Waals surface area contributed by atoms with E-state index in [9.17, 15) is 9.18 Å². The van der Waals surface area contributed by atoms with Crippen molar-refractivity contribution in [3.63, 3.8) is 0 Å². The van der Waals surface area contributed by atoms with Crippen molar-refractivity contribution in [3.8, 4) is 0 Å². The van der Waals surface area contributed by atoms with Gasteiger partial charge in [0.25, 0.3) is 5.91 Å². The van der Waals surface area contributed by atoms with Gasteiger partial charge in [-0.25, -0.2) is 4.39 Å². The van der Waals surface area contributed by atoms with E-state index in [0.717, 1.165) is 23.5 Å². The molecule has 2 aliphatic rings. The van der Waals surface area contributed by atoms with Crippen LogP contribution in [0, 0.1) is 12.7 Å². The molecule has 0 saturated carbocycles. The minimum atomic E-state index is -0.568. The van der Waals surface area contributed by atoms with E-state index in [1.165, 1.54) is 12.1 Å². The first-order chi connectivity index (χ1) is 10.1. The van der Waals surface area contributed by atoms with E-state index >= 15 is 0 Å². The number of nitrogens with zero attached hydrogens (tertiary/aromatic N) is 2. The number of hydrogen-bond acceptors (Lipinski definition) is 2. The zero-order valence-corrected chi connectivity index (χ0v) is 11.8. The van der Waals surface area contributed by atoms with Crippen molar-refractivity contribution in [1.29, 1.82) is 0 Å². The summed E-state index contributed by atoms with van der Waals surface area (Å²) in [5.41, 5.74) is 2.15. The first-order valence-corrected chi connectivity index (χ1v) is 7.11. The maximum Gasteiger partial charge on any atom is 0.272 e. The van der Waals surface area contributed by atoms with Gasteiger partial charge in [0.1, 0.15) is 17.2 Å². The average molecular weight is 285 g/mol. The van der Waals surface area contributed by atoms with Gasteiger partial charge in [-0.05, 0) is 36.8 Å². The molecular formula is C16H16FN3O. The molecule has 1 aromatic carbocycles. The third-order valence-corrected chi connectivity index (χ3v) is 4.59. The van der Waals surface area contributed by atoms with Crippen molar-refractivity contribution < 1.29 is 9.18 Å². The van der Waals surface area contributed by atoms with Crippen LogP contribution in [0.15, 0.2) is 36.4 Å². The van der Waals surface area contributed by atoms with Crippen molar-refractivity contribution in [2.45, 2.75) is 19.1 Å². The quantitative estimate of drug-likeness (QED) is 0.868. The van der Waals surface area contributed by atoms with Gasteiger partial charge in [0.2, 0.25) is 0 Å². The number of aromatic nitrogens is 1. The Morgan fingerprint density at radius 1 is 1.19 bits per heavy atom. The normalized spacial score (nSPS) is 24.1. The molecule has 1 unspecified atom stereocenters. The largest absolute Gasteiger partial charge is 0.337 e. The molecule has 1 aromatic heterocycles. The standard InChI is InChI=1S/C16H16FN3O/c1-11-2-7-14-15(21)20-9-8-18-16(20,10-19(11)14)12-3-5-13(17)6-4-12/h2-7,18H,8-10H2,1H3. The van der Waals surface area contributed by atoms with Gasteiger partial charge in [0.15, 0.2) is 0 Å². The highest BCUT2D eigenvalue weighted by molar-refractivity contribution is 5.94. The van der Waals surface area contributed by atoms with E-state index in [1.807, 2.05) is 28.5 Å². The molecule has 1 amide bonds. The number of nitrogens with one attached hydrogen (secondary N) is 1. The zero-order valence-electron chi connectivity index (χ0n) is 11.8. The van der Waals surface area contributed by atoms with E-state index in [4.69, 9.17) is 0 Å². The Morgan fingerprint density at radius 3 is 2.71 bits per heavy atom. The van der Waals surface area contributed by atoms with E-state index in [2.05, 4.69) is 5.32 Å². The Bertz CT molecular complexity index is 722. The number of carbonyl (C=O) groups excluding carboxylic acids is 1. The van der Waals surface area contributed by atoms with Gasteiger partial charge in [0.05, 0.1) is 6.54 Å². The topological polar surface area (TPSA) is 37.3 Å². The molecule has 2 aliphatic heterocycles. The molecule has 2 aromatic rings. The number of fused-ring (bicyclic) bond motifs is 2. The van der Waals surface area contributed by atoms with Crippen LogP contribution in [0.5, 0.6) is 0 Å². The number of benzene rings is 1. The Balaban J connectivity index is 1.89. The van der Waals surface area contributed by atoms with Gasteiger partial charge in [-0.1, -0.05) is 12.1 Å². The van der Waals surface area contributed by atoms with Crippen LogP contribution in [-0.4, -0.2) is 28.5 Å². The Kier molecular flexibility index (Phi) is 2.50. The zero-order chi connectivity index (χ0) is 14.6.